The van der Waals surface area contributed by atoms with Crippen LogP contribution in [-0.2, 0) is 24.8 Å². The molecule has 0 amide bonds. The molecule has 1 aromatic carbocycles. The number of rotatable bonds is 8. The van der Waals surface area contributed by atoms with Gasteiger partial charge in [-0.05, 0) is 31.4 Å². The van der Waals surface area contributed by atoms with Crippen molar-refractivity contribution in [2.24, 2.45) is 5.92 Å². The highest BCUT2D eigenvalue weighted by Crippen LogP contribution is 2.28. The van der Waals surface area contributed by atoms with Crippen molar-refractivity contribution < 1.29 is 26.3 Å². The molecule has 24 heavy (non-hydrogen) atoms. The van der Waals surface area contributed by atoms with E-state index in [4.69, 9.17) is 9.47 Å². The average Bonchev–Trinajstić information content (AvgIpc) is 3.06. The van der Waals surface area contributed by atoms with Gasteiger partial charge in [-0.1, -0.05) is 0 Å². The molecule has 0 aliphatic carbocycles. The van der Waals surface area contributed by atoms with E-state index in [1.54, 1.807) is 0 Å². The van der Waals surface area contributed by atoms with E-state index in [0.717, 1.165) is 6.42 Å². The molecule has 10 heteroatoms. The van der Waals surface area contributed by atoms with Crippen molar-refractivity contribution in [3.8, 4) is 5.75 Å². The number of benzene rings is 1. The molecular weight excluding hydrogens is 356 g/mol. The van der Waals surface area contributed by atoms with E-state index < -0.39 is 20.0 Å². The minimum atomic E-state index is -3.76. The zero-order chi connectivity index (χ0) is 17.8. The summed E-state index contributed by atoms with van der Waals surface area (Å²) < 4.78 is 63.3. The summed E-state index contributed by atoms with van der Waals surface area (Å²) in [7, 11) is -5.89. The Hall–Kier alpha value is -1.36. The molecule has 8 nitrogen and oxygen atoms in total. The van der Waals surface area contributed by atoms with Crippen LogP contribution in [0.3, 0.4) is 0 Å². The third-order valence-corrected chi connectivity index (χ3v) is 6.46. The van der Waals surface area contributed by atoms with Crippen LogP contribution in [0.2, 0.25) is 0 Å². The molecule has 1 fully saturated rings. The van der Waals surface area contributed by atoms with Crippen LogP contribution < -0.4 is 14.2 Å². The van der Waals surface area contributed by atoms with Gasteiger partial charge in [-0.15, -0.1) is 0 Å². The van der Waals surface area contributed by atoms with E-state index in [1.807, 2.05) is 0 Å². The highest BCUT2D eigenvalue weighted by atomic mass is 32.2. The number of ether oxygens (including phenoxy) is 2. The molecule has 1 aromatic rings. The topological polar surface area (TPSA) is 111 Å². The maximum Gasteiger partial charge on any atom is 0.244 e. The summed E-state index contributed by atoms with van der Waals surface area (Å²) in [5, 5.41) is 0. The normalized spacial score (nSPS) is 18.5. The lowest BCUT2D eigenvalue weighted by Crippen LogP contribution is -2.30. The zero-order valence-electron chi connectivity index (χ0n) is 13.6. The Kier molecular flexibility index (Phi) is 6.07. The quantitative estimate of drug-likeness (QED) is 0.691. The van der Waals surface area contributed by atoms with Gasteiger partial charge in [-0.3, -0.25) is 4.72 Å². The van der Waals surface area contributed by atoms with Gasteiger partial charge in [0.25, 0.3) is 0 Å². The number of hydrogen-bond donors (Lipinski definition) is 2. The predicted octanol–water partition coefficient (Wildman–Crippen LogP) is 0.772. The summed E-state index contributed by atoms with van der Waals surface area (Å²) in [5.41, 5.74) is 0.247. The summed E-state index contributed by atoms with van der Waals surface area (Å²) >= 11 is 0. The van der Waals surface area contributed by atoms with Gasteiger partial charge in [0.15, 0.2) is 0 Å². The lowest BCUT2D eigenvalue weighted by molar-refractivity contribution is 0.186. The zero-order valence-corrected chi connectivity index (χ0v) is 15.2. The van der Waals surface area contributed by atoms with Gasteiger partial charge < -0.3 is 9.47 Å². The van der Waals surface area contributed by atoms with Crippen LogP contribution in [0, 0.1) is 5.92 Å². The van der Waals surface area contributed by atoms with E-state index in [9.17, 15) is 16.8 Å². The predicted molar refractivity (Wildman–Crippen MR) is 90.2 cm³/mol. The number of methoxy groups -OCH3 is 1. The van der Waals surface area contributed by atoms with E-state index in [2.05, 4.69) is 9.44 Å². The summed E-state index contributed by atoms with van der Waals surface area (Å²) in [6, 6.07) is 4.06. The monoisotopic (exact) mass is 378 g/mol. The summed E-state index contributed by atoms with van der Waals surface area (Å²) in [6.07, 6.45) is 0.817. The standard InChI is InChI=1S/C14H22N2O6S2/c1-3-23(17,18)16-12-4-5-14(13(8-12)21-2)24(19,20)15-9-11-6-7-22-10-11/h4-5,8,11,15-16H,3,6-7,9-10H2,1-2H3/t11-/m0/s1. The second kappa shape index (κ2) is 7.68. The van der Waals surface area contributed by atoms with Gasteiger partial charge in [0.05, 0.1) is 25.2 Å². The number of anilines is 1. The third-order valence-electron chi connectivity index (χ3n) is 3.69. The molecular formula is C14H22N2O6S2. The van der Waals surface area contributed by atoms with Gasteiger partial charge in [0.1, 0.15) is 10.6 Å². The minimum absolute atomic E-state index is 0.0386. The fraction of sp³-hybridized carbons (Fsp3) is 0.571. The van der Waals surface area contributed by atoms with Crippen molar-refractivity contribution in [2.45, 2.75) is 18.2 Å². The van der Waals surface area contributed by atoms with E-state index in [-0.39, 0.29) is 34.5 Å². The Labute approximate surface area is 142 Å². The molecule has 2 rings (SSSR count). The first-order valence-corrected chi connectivity index (χ1v) is 10.7. The number of hydrogen-bond acceptors (Lipinski definition) is 6. The molecule has 1 atom stereocenters. The van der Waals surface area contributed by atoms with Crippen LogP contribution in [0.15, 0.2) is 23.1 Å². The smallest absolute Gasteiger partial charge is 0.244 e. The first kappa shape index (κ1) is 19.0. The van der Waals surface area contributed by atoms with Crippen LogP contribution in [0.25, 0.3) is 0 Å². The largest absolute Gasteiger partial charge is 0.495 e. The van der Waals surface area contributed by atoms with Crippen molar-refractivity contribution in [1.29, 1.82) is 0 Å². The maximum atomic E-state index is 12.5. The molecule has 0 saturated carbocycles. The second-order valence-corrected chi connectivity index (χ2v) is 9.20. The highest BCUT2D eigenvalue weighted by Gasteiger charge is 2.23. The lowest BCUT2D eigenvalue weighted by atomic mass is 10.1. The van der Waals surface area contributed by atoms with E-state index in [1.165, 1.54) is 32.2 Å². The first-order chi connectivity index (χ1) is 11.3. The van der Waals surface area contributed by atoms with E-state index in [0.29, 0.717) is 13.2 Å². The molecule has 0 unspecified atom stereocenters. The molecule has 0 spiro atoms. The maximum absolute atomic E-state index is 12.5. The van der Waals surface area contributed by atoms with Crippen LogP contribution in [0.1, 0.15) is 13.3 Å². The fourth-order valence-electron chi connectivity index (χ4n) is 2.25. The molecule has 1 heterocycles. The van der Waals surface area contributed by atoms with Crippen molar-refractivity contribution in [1.82, 2.24) is 4.72 Å². The molecule has 1 aliphatic rings. The summed E-state index contributed by atoms with van der Waals surface area (Å²) in [4.78, 5) is -0.0386. The first-order valence-electron chi connectivity index (χ1n) is 7.53. The van der Waals surface area contributed by atoms with Crippen molar-refractivity contribution in [3.63, 3.8) is 0 Å². The van der Waals surface area contributed by atoms with Crippen molar-refractivity contribution >= 4 is 25.7 Å². The van der Waals surface area contributed by atoms with Gasteiger partial charge in [-0.25, -0.2) is 21.6 Å². The Bertz CT molecular complexity index is 770. The SMILES string of the molecule is CCS(=O)(=O)Nc1ccc(S(=O)(=O)NC[C@@H]2CCOC2)c(OC)c1. The van der Waals surface area contributed by atoms with Gasteiger partial charge >= 0.3 is 0 Å². The molecule has 0 aromatic heterocycles. The second-order valence-electron chi connectivity index (χ2n) is 5.45. The van der Waals surface area contributed by atoms with Gasteiger partial charge in [-0.2, -0.15) is 0 Å². The third kappa shape index (κ3) is 4.82. The van der Waals surface area contributed by atoms with Crippen LogP contribution in [-0.4, -0.2) is 49.5 Å². The van der Waals surface area contributed by atoms with Gasteiger partial charge in [0.2, 0.25) is 20.0 Å². The van der Waals surface area contributed by atoms with Crippen molar-refractivity contribution in [2.75, 3.05) is 37.3 Å². The highest BCUT2D eigenvalue weighted by molar-refractivity contribution is 7.92. The van der Waals surface area contributed by atoms with Crippen molar-refractivity contribution in [3.05, 3.63) is 18.2 Å². The van der Waals surface area contributed by atoms with E-state index >= 15 is 0 Å². The Morgan fingerprint density at radius 2 is 2.04 bits per heavy atom. The Balaban J connectivity index is 2.19. The Morgan fingerprint density at radius 1 is 1.29 bits per heavy atom. The number of sulfonamides is 2. The fourth-order valence-corrected chi connectivity index (χ4v) is 4.15. The molecule has 0 bridgehead atoms. The summed E-state index contributed by atoms with van der Waals surface area (Å²) in [5.74, 6) is 0.142. The number of nitrogens with one attached hydrogen (secondary N) is 2. The van der Waals surface area contributed by atoms with Crippen LogP contribution in [0.5, 0.6) is 5.75 Å². The molecule has 1 saturated heterocycles. The Morgan fingerprint density at radius 3 is 2.62 bits per heavy atom. The molecule has 136 valence electrons. The average molecular weight is 378 g/mol. The van der Waals surface area contributed by atoms with Gasteiger partial charge in [0, 0.05) is 19.2 Å². The lowest BCUT2D eigenvalue weighted by Gasteiger charge is -2.14. The molecule has 2 N–H and O–H groups in total. The molecule has 1 aliphatic heterocycles. The van der Waals surface area contributed by atoms with Crippen LogP contribution in [0.4, 0.5) is 5.69 Å². The molecule has 0 radical (unpaired) electrons. The summed E-state index contributed by atoms with van der Waals surface area (Å²) in [6.45, 7) is 2.98. The van der Waals surface area contributed by atoms with Crippen LogP contribution >= 0.6 is 0 Å². The minimum Gasteiger partial charge on any atom is -0.495 e.